The van der Waals surface area contributed by atoms with Gasteiger partial charge in [0, 0.05) is 17.8 Å². The van der Waals surface area contributed by atoms with E-state index >= 15 is 0 Å². The molecule has 13 rings (SSSR count). The van der Waals surface area contributed by atoms with E-state index in [0.717, 1.165) is 40.7 Å². The third-order valence-electron chi connectivity index (χ3n) is 16.9. The summed E-state index contributed by atoms with van der Waals surface area (Å²) in [4.78, 5) is 48.3. The smallest absolute Gasteiger partial charge is 0.450 e. The second-order valence-corrected chi connectivity index (χ2v) is 24.9. The van der Waals surface area contributed by atoms with Crippen molar-refractivity contribution in [2.24, 2.45) is 29.6 Å². The summed E-state index contributed by atoms with van der Waals surface area (Å²) in [6.45, 7) is 24.3. The van der Waals surface area contributed by atoms with Crippen molar-refractivity contribution in [1.29, 1.82) is 0 Å². The molecule has 9 atom stereocenters. The molecule has 0 bridgehead atoms. The van der Waals surface area contributed by atoms with Crippen molar-refractivity contribution in [1.82, 2.24) is 58.6 Å². The molecule has 500 valence electrons. The molecule has 0 unspecified atom stereocenters. The van der Waals surface area contributed by atoms with E-state index in [-0.39, 0.29) is 78.3 Å². The maximum absolute atomic E-state index is 11.7. The number of aromatic amines is 1. The Morgan fingerprint density at radius 3 is 1.33 bits per heavy atom. The molecule has 0 radical (unpaired) electrons. The number of fused-ring (bicyclic) bond motifs is 3. The molecule has 95 heavy (non-hydrogen) atoms. The number of rotatable bonds is 19. The van der Waals surface area contributed by atoms with E-state index in [1.54, 1.807) is 17.2 Å². The van der Waals surface area contributed by atoms with Crippen LogP contribution in [0.15, 0.2) is 182 Å². The van der Waals surface area contributed by atoms with Crippen molar-refractivity contribution in [2.45, 2.75) is 97.6 Å². The summed E-state index contributed by atoms with van der Waals surface area (Å²) in [5.74, 6) is 2.05. The first-order chi connectivity index (χ1) is 46.0. The number of nitrogens with two attached hydrogens (primary N) is 3. The number of hydrogen-bond acceptors (Lipinski definition) is 18. The van der Waals surface area contributed by atoms with E-state index in [1.807, 2.05) is 115 Å². The number of aliphatic hydroxyl groups excluding tert-OH is 2. The summed E-state index contributed by atoms with van der Waals surface area (Å²) < 4.78 is 37.4. The summed E-state index contributed by atoms with van der Waals surface area (Å²) >= 11 is 14.4. The van der Waals surface area contributed by atoms with Crippen LogP contribution in [0.25, 0.3) is 33.5 Å². The predicted octanol–water partition coefficient (Wildman–Crippen LogP) is 12.2. The van der Waals surface area contributed by atoms with Gasteiger partial charge in [-0.15, -0.1) is 12.4 Å². The van der Waals surface area contributed by atoms with Gasteiger partial charge in [-0.2, -0.15) is 59.3 Å². The van der Waals surface area contributed by atoms with Gasteiger partial charge >= 0.3 is 4.96 Å². The van der Waals surface area contributed by atoms with Crippen LogP contribution in [0.1, 0.15) is 87.3 Å². The van der Waals surface area contributed by atoms with E-state index in [9.17, 15) is 15.0 Å². The molecule has 6 aromatic heterocycles. The Bertz CT molecular complexity index is 4210. The standard InChI is InChI=1S/2C27H29N5O2.C12H15N5O3.C2H6.BCl3.ClH/c2*1-18-13-23(19(2)22(18)16-33-14-20-9-5-3-6-10-20)32-17-29-24-25(32)30-27(28)31-26(24)34-15-21-11-7-4-8-12-21;1-5-6(3-18)8(19)2-7(5)17-4-14-9-10(17)15-12(13)16-11(9)20;1-2;2-1(3)4;/h2*3-12,17-18,22-23H,2,13-16H2,1H3,(H2,28,30,31);4,6-8,18-19H,1-3H2,(H3,13,15,16,20);1-2H3;;1H/t2*18-,22+,23-;6-,7-,8-;;;/m000.../s1/i/hT. The second-order valence-electron chi connectivity index (χ2n) is 23.0. The van der Waals surface area contributed by atoms with Crippen LogP contribution in [-0.4, -0.2) is 99.7 Å². The summed E-state index contributed by atoms with van der Waals surface area (Å²) in [7, 11) is 0. The fourth-order valence-corrected chi connectivity index (χ4v) is 12.1. The first kappa shape index (κ1) is 70.9. The normalized spacial score (nSPS) is 20.5. The Hall–Kier alpha value is -8.39. The topological polar surface area (TPSA) is 306 Å². The maximum atomic E-state index is 11.7. The molecular formula is C68H80BCl4N15O7. The lowest BCUT2D eigenvalue weighted by Gasteiger charge is -2.18. The van der Waals surface area contributed by atoms with Crippen LogP contribution in [0, 0.1) is 29.6 Å². The van der Waals surface area contributed by atoms with Gasteiger partial charge in [-0.25, -0.2) is 15.0 Å². The predicted molar refractivity (Wildman–Crippen MR) is 378 cm³/mol. The van der Waals surface area contributed by atoms with Gasteiger partial charge < -0.3 is 60.1 Å². The van der Waals surface area contributed by atoms with Crippen molar-refractivity contribution in [3.63, 3.8) is 0 Å². The SMILES string of the molecule is C=C1[C@H](CO)[C@@H](O)C[C@@H]1n1cnc2c(=O)[nH]c(N)nc21.C=C1[C@H](COCc2ccccc2)[C@@H](C)C[C@@H]1n1cnc2c(OCc3ccccc3)nc(N)nc21.CC.Cl.ClB(Cl)Cl.[3H]Nc1nc(OCc2ccccc2)c2ncn([C@H]3C[C@H](C)[C@@H](COCc4ccccc4)C3=C)c2n1. The monoisotopic (exact) mass is 1370 g/mol. The van der Waals surface area contributed by atoms with Gasteiger partial charge in [-0.3, -0.25) is 9.78 Å². The third-order valence-corrected chi connectivity index (χ3v) is 16.9. The summed E-state index contributed by atoms with van der Waals surface area (Å²) in [6.07, 6.45) is 6.63. The minimum Gasteiger partial charge on any atom is -0.471 e. The molecule has 27 heteroatoms. The van der Waals surface area contributed by atoms with Crippen LogP contribution >= 0.6 is 46.8 Å². The summed E-state index contributed by atoms with van der Waals surface area (Å²) in [6, 6.07) is 40.1. The van der Waals surface area contributed by atoms with Gasteiger partial charge in [0.15, 0.2) is 34.9 Å². The van der Waals surface area contributed by atoms with Crippen molar-refractivity contribution >= 4 is 103 Å². The van der Waals surface area contributed by atoms with Crippen LogP contribution in [0.3, 0.4) is 0 Å². The van der Waals surface area contributed by atoms with Gasteiger partial charge in [-0.05, 0) is 70.1 Å². The summed E-state index contributed by atoms with van der Waals surface area (Å²) in [5.41, 5.74) is 23.8. The van der Waals surface area contributed by atoms with E-state index in [1.165, 1.54) is 11.9 Å². The molecule has 9 N–H and O–H groups in total. The van der Waals surface area contributed by atoms with Gasteiger partial charge in [0.1, 0.15) is 13.2 Å². The zero-order valence-corrected chi connectivity index (χ0v) is 56.4. The Kier molecular flexibility index (Phi) is 25.6. The molecule has 6 heterocycles. The Balaban J connectivity index is 0.000000181. The molecule has 3 aliphatic rings. The highest BCUT2D eigenvalue weighted by Gasteiger charge is 2.40. The number of aliphatic hydroxyl groups is 2. The Morgan fingerprint density at radius 1 is 0.568 bits per heavy atom. The molecule has 0 amide bonds. The molecule has 4 aromatic carbocycles. The number of hydrogen-bond donors (Lipinski definition) is 6. The number of benzene rings is 4. The van der Waals surface area contributed by atoms with Crippen LogP contribution in [0.5, 0.6) is 11.8 Å². The lowest BCUT2D eigenvalue weighted by Crippen LogP contribution is -2.17. The van der Waals surface area contributed by atoms with Crippen molar-refractivity contribution in [3.8, 4) is 11.8 Å². The molecule has 3 aliphatic carbocycles. The second kappa shape index (κ2) is 34.3. The highest BCUT2D eigenvalue weighted by atomic mass is 35.6. The molecule has 0 spiro atoms. The van der Waals surface area contributed by atoms with E-state index in [4.69, 9.17) is 66.2 Å². The Morgan fingerprint density at radius 2 is 0.926 bits per heavy atom. The quantitative estimate of drug-likeness (QED) is 0.0324. The number of ether oxygens (including phenoxy) is 4. The van der Waals surface area contributed by atoms with Crippen LogP contribution in [0.2, 0.25) is 1.41 Å². The van der Waals surface area contributed by atoms with Crippen molar-refractivity contribution in [3.05, 3.63) is 209 Å². The van der Waals surface area contributed by atoms with Gasteiger partial charge in [0.25, 0.3) is 5.56 Å². The van der Waals surface area contributed by atoms with Gasteiger partial charge in [0.2, 0.25) is 29.6 Å². The highest BCUT2D eigenvalue weighted by Crippen LogP contribution is 2.46. The number of nitrogens with one attached hydrogen (secondary N) is 1. The van der Waals surface area contributed by atoms with Gasteiger partial charge in [0.05, 0.1) is 76.2 Å². The lowest BCUT2D eigenvalue weighted by atomic mass is 9.96. The first-order valence-corrected chi connectivity index (χ1v) is 32.3. The number of anilines is 3. The third kappa shape index (κ3) is 17.9. The summed E-state index contributed by atoms with van der Waals surface area (Å²) in [5, 5.41) is 19.2. The van der Waals surface area contributed by atoms with E-state index < -0.39 is 16.6 Å². The number of imidazole rings is 3. The molecule has 3 saturated carbocycles. The number of nitrogen functional groups attached to an aromatic ring is 3. The largest absolute Gasteiger partial charge is 0.471 e. The number of aromatic nitrogens is 12. The van der Waals surface area contributed by atoms with E-state index in [2.05, 4.69) is 113 Å². The number of nitrogens with zero attached hydrogens (tertiary/aromatic N) is 11. The molecule has 0 aliphatic heterocycles. The zero-order valence-electron chi connectivity index (χ0n) is 54.3. The van der Waals surface area contributed by atoms with Gasteiger partial charge in [-0.1, -0.05) is 169 Å². The number of H-pyrrole nitrogens is 1. The highest BCUT2D eigenvalue weighted by molar-refractivity contribution is 7.54. The van der Waals surface area contributed by atoms with Crippen LogP contribution in [0.4, 0.5) is 17.8 Å². The molecular weight excluding hydrogens is 1290 g/mol. The minimum absolute atomic E-state index is 0. The van der Waals surface area contributed by atoms with Crippen molar-refractivity contribution < 1.29 is 30.6 Å². The van der Waals surface area contributed by atoms with Crippen LogP contribution < -0.4 is 32.2 Å². The molecule has 0 saturated heterocycles. The fraction of sp³-hybridized carbons (Fsp3) is 0.338. The Labute approximate surface area is 574 Å². The average Bonchev–Trinajstić information content (AvgIpc) is 1.63. The lowest BCUT2D eigenvalue weighted by molar-refractivity contribution is 0.0871. The zero-order chi connectivity index (χ0) is 67.7. The molecule has 10 aromatic rings. The average molecular weight is 1370 g/mol. The fourth-order valence-electron chi connectivity index (χ4n) is 12.1. The number of halogens is 4. The van der Waals surface area contributed by atoms with E-state index in [0.29, 0.717) is 103 Å². The molecule has 3 fully saturated rings. The van der Waals surface area contributed by atoms with Crippen molar-refractivity contribution in [2.75, 3.05) is 37.0 Å². The molecule has 22 nitrogen and oxygen atoms in total. The maximum Gasteiger partial charge on any atom is 0.450 e. The first-order valence-electron chi connectivity index (χ1n) is 31.5. The minimum atomic E-state index is -0.750. The van der Waals surface area contributed by atoms with Crippen LogP contribution in [-0.2, 0) is 35.9 Å².